The number of ether oxygens (including phenoxy) is 2. The van der Waals surface area contributed by atoms with Gasteiger partial charge < -0.3 is 9.47 Å². The van der Waals surface area contributed by atoms with E-state index in [2.05, 4.69) is 22.9 Å². The Labute approximate surface area is 219 Å². The molecule has 0 unspecified atom stereocenters. The fourth-order valence-corrected chi connectivity index (χ4v) is 7.08. The van der Waals surface area contributed by atoms with E-state index in [0.29, 0.717) is 12.0 Å². The van der Waals surface area contributed by atoms with Gasteiger partial charge in [0.05, 0.1) is 23.3 Å². The van der Waals surface area contributed by atoms with Crippen LogP contribution in [0.15, 0.2) is 76.3 Å². The molecule has 0 bridgehead atoms. The summed E-state index contributed by atoms with van der Waals surface area (Å²) in [7, 11) is 1.64. The standard InChI is InChI=1S/C29H28BrNO5/c1-17-23(32)12-14-28(2)13-11-20-26(25(17)28)35-27(33)29(20)16-22(18-9-10-24(34-3)21(30)15-18)31(36-29)19-7-5-4-6-8-19/h4-10,12,14-15,20,22,26H,11,13,16H2,1-3H3/t20-,22+,26+,28+,29+/m1/s1. The van der Waals surface area contributed by atoms with Gasteiger partial charge in [-0.3, -0.25) is 9.63 Å². The Bertz CT molecular complexity index is 1320. The number of hydroxylamine groups is 1. The van der Waals surface area contributed by atoms with Crippen LogP contribution in [0.1, 0.15) is 44.7 Å². The number of fused-ring (bicyclic) bond motifs is 4. The second-order valence-electron chi connectivity index (χ2n) is 10.4. The number of anilines is 1. The smallest absolute Gasteiger partial charge is 0.342 e. The van der Waals surface area contributed by atoms with Crippen molar-refractivity contribution in [1.29, 1.82) is 0 Å². The maximum Gasteiger partial charge on any atom is 0.342 e. The number of hydrogen-bond acceptors (Lipinski definition) is 6. The van der Waals surface area contributed by atoms with Crippen molar-refractivity contribution < 1.29 is 23.9 Å². The van der Waals surface area contributed by atoms with Crippen molar-refractivity contribution in [3.05, 3.63) is 81.9 Å². The maximum atomic E-state index is 13.7. The first kappa shape index (κ1) is 23.5. The van der Waals surface area contributed by atoms with Crippen molar-refractivity contribution in [3.8, 4) is 5.75 Å². The largest absolute Gasteiger partial charge is 0.496 e. The van der Waals surface area contributed by atoms with E-state index in [-0.39, 0.29) is 29.1 Å². The molecule has 2 aromatic rings. The van der Waals surface area contributed by atoms with Gasteiger partial charge in [0.2, 0.25) is 5.60 Å². The van der Waals surface area contributed by atoms with E-state index in [9.17, 15) is 9.59 Å². The lowest BCUT2D eigenvalue weighted by Gasteiger charge is -2.44. The van der Waals surface area contributed by atoms with Gasteiger partial charge >= 0.3 is 5.97 Å². The highest BCUT2D eigenvalue weighted by Gasteiger charge is 2.68. The number of allylic oxidation sites excluding steroid dienone is 3. The van der Waals surface area contributed by atoms with Crippen LogP contribution in [0, 0.1) is 11.3 Å². The van der Waals surface area contributed by atoms with Crippen molar-refractivity contribution in [2.75, 3.05) is 12.2 Å². The van der Waals surface area contributed by atoms with Crippen molar-refractivity contribution in [2.24, 2.45) is 11.3 Å². The average Bonchev–Trinajstić information content (AvgIpc) is 3.40. The predicted octanol–water partition coefficient (Wildman–Crippen LogP) is 5.88. The first-order valence-corrected chi connectivity index (χ1v) is 13.1. The third-order valence-corrected chi connectivity index (χ3v) is 9.03. The number of nitrogens with zero attached hydrogens (tertiary/aromatic N) is 1. The Hall–Kier alpha value is -2.90. The lowest BCUT2D eigenvalue weighted by molar-refractivity contribution is -0.157. The van der Waals surface area contributed by atoms with Crippen LogP contribution >= 0.6 is 15.9 Å². The van der Waals surface area contributed by atoms with E-state index in [1.165, 1.54) is 0 Å². The minimum Gasteiger partial charge on any atom is -0.496 e. The van der Waals surface area contributed by atoms with Crippen LogP contribution in [0.4, 0.5) is 5.69 Å². The Morgan fingerprint density at radius 1 is 1.14 bits per heavy atom. The molecule has 0 amide bonds. The molecule has 3 fully saturated rings. The molecule has 1 spiro atoms. The van der Waals surface area contributed by atoms with Crippen molar-refractivity contribution in [1.82, 2.24) is 0 Å². The number of carbonyl (C=O) groups is 2. The molecule has 6 nitrogen and oxygen atoms in total. The SMILES string of the molecule is COc1ccc([C@@H]2C[C@@]3(ON2c2ccccc2)C(=O)O[C@@H]2C4=C(C)C(=O)C=C[C@]4(C)CC[C@H]23)cc1Br. The molecule has 2 aliphatic carbocycles. The number of rotatable bonds is 3. The molecule has 6 rings (SSSR count). The zero-order valence-electron chi connectivity index (χ0n) is 20.5. The van der Waals surface area contributed by atoms with Crippen LogP contribution in [0.2, 0.25) is 0 Å². The van der Waals surface area contributed by atoms with Crippen molar-refractivity contribution in [3.63, 3.8) is 0 Å². The number of esters is 1. The summed E-state index contributed by atoms with van der Waals surface area (Å²) in [5, 5.41) is 1.86. The lowest BCUT2D eigenvalue weighted by atomic mass is 9.60. The first-order valence-electron chi connectivity index (χ1n) is 12.3. The summed E-state index contributed by atoms with van der Waals surface area (Å²) in [5.41, 5.74) is 2.08. The second kappa shape index (κ2) is 8.32. The molecule has 0 aromatic heterocycles. The molecule has 2 aromatic carbocycles. The number of methoxy groups -OCH3 is 1. The quantitative estimate of drug-likeness (QED) is 0.445. The number of para-hydroxylation sites is 1. The number of halogens is 1. The third-order valence-electron chi connectivity index (χ3n) is 8.41. The molecule has 2 saturated heterocycles. The highest BCUT2D eigenvalue weighted by molar-refractivity contribution is 9.10. The third kappa shape index (κ3) is 3.32. The summed E-state index contributed by atoms with van der Waals surface area (Å²) in [6, 6.07) is 15.6. The summed E-state index contributed by atoms with van der Waals surface area (Å²) < 4.78 is 12.4. The van der Waals surface area contributed by atoms with Crippen LogP contribution in [0.5, 0.6) is 5.75 Å². The van der Waals surface area contributed by atoms with Gasteiger partial charge in [-0.2, -0.15) is 0 Å². The second-order valence-corrected chi connectivity index (χ2v) is 11.2. The van der Waals surface area contributed by atoms with Gasteiger partial charge in [0, 0.05) is 23.3 Å². The molecule has 2 aliphatic heterocycles. The van der Waals surface area contributed by atoms with Crippen LogP contribution in [-0.4, -0.2) is 30.6 Å². The Balaban J connectivity index is 1.44. The van der Waals surface area contributed by atoms with Crippen molar-refractivity contribution >= 4 is 33.4 Å². The van der Waals surface area contributed by atoms with Crippen LogP contribution in [-0.2, 0) is 19.2 Å². The van der Waals surface area contributed by atoms with E-state index in [1.807, 2.05) is 66.6 Å². The first-order chi connectivity index (χ1) is 17.3. The Kier molecular flexibility index (Phi) is 5.43. The van der Waals surface area contributed by atoms with Gasteiger partial charge in [-0.1, -0.05) is 37.3 Å². The molecule has 2 heterocycles. The molecular weight excluding hydrogens is 522 g/mol. The molecule has 1 saturated carbocycles. The van der Waals surface area contributed by atoms with Gasteiger partial charge in [0.1, 0.15) is 11.9 Å². The zero-order chi connectivity index (χ0) is 25.2. The lowest BCUT2D eigenvalue weighted by Crippen LogP contribution is -2.47. The topological polar surface area (TPSA) is 65.1 Å². The van der Waals surface area contributed by atoms with Crippen LogP contribution in [0.25, 0.3) is 0 Å². The summed E-state index contributed by atoms with van der Waals surface area (Å²) >= 11 is 3.61. The summed E-state index contributed by atoms with van der Waals surface area (Å²) in [6.07, 6.45) is 5.22. The molecule has 7 heteroatoms. The Morgan fingerprint density at radius 2 is 1.92 bits per heavy atom. The minimum atomic E-state index is -1.13. The fourth-order valence-electron chi connectivity index (χ4n) is 6.52. The van der Waals surface area contributed by atoms with E-state index < -0.39 is 11.7 Å². The molecule has 0 N–H and O–H groups in total. The highest BCUT2D eigenvalue weighted by Crippen LogP contribution is 2.59. The highest BCUT2D eigenvalue weighted by atomic mass is 79.9. The maximum absolute atomic E-state index is 13.7. The van der Waals surface area contributed by atoms with E-state index in [0.717, 1.165) is 39.9 Å². The number of ketones is 1. The van der Waals surface area contributed by atoms with Gasteiger partial charge in [-0.25, -0.2) is 9.86 Å². The Morgan fingerprint density at radius 3 is 2.64 bits per heavy atom. The van der Waals surface area contributed by atoms with Gasteiger partial charge in [-0.15, -0.1) is 0 Å². The normalized spacial score (nSPS) is 33.1. The number of carbonyl (C=O) groups excluding carboxylic acids is 2. The molecular formula is C29H28BrNO5. The van der Waals surface area contributed by atoms with E-state index in [4.69, 9.17) is 14.3 Å². The van der Waals surface area contributed by atoms with Gasteiger partial charge in [0.15, 0.2) is 5.78 Å². The fraction of sp³-hybridized carbons (Fsp3) is 0.379. The monoisotopic (exact) mass is 549 g/mol. The van der Waals surface area contributed by atoms with E-state index >= 15 is 0 Å². The summed E-state index contributed by atoms with van der Waals surface area (Å²) in [6.45, 7) is 3.98. The minimum absolute atomic E-state index is 0.0145. The van der Waals surface area contributed by atoms with Gasteiger partial charge in [-0.05, 0) is 77.2 Å². The van der Waals surface area contributed by atoms with Crippen LogP contribution < -0.4 is 9.80 Å². The zero-order valence-corrected chi connectivity index (χ0v) is 22.1. The summed E-state index contributed by atoms with van der Waals surface area (Å²) in [4.78, 5) is 33.0. The number of hydrogen-bond donors (Lipinski definition) is 0. The van der Waals surface area contributed by atoms with E-state index in [1.54, 1.807) is 13.2 Å². The van der Waals surface area contributed by atoms with Gasteiger partial charge in [0.25, 0.3) is 0 Å². The summed E-state index contributed by atoms with van der Waals surface area (Å²) in [5.74, 6) is 0.197. The molecule has 0 radical (unpaired) electrons. The number of benzene rings is 2. The molecule has 36 heavy (non-hydrogen) atoms. The molecule has 5 atom stereocenters. The van der Waals surface area contributed by atoms with Crippen molar-refractivity contribution in [2.45, 2.75) is 50.9 Å². The average molecular weight is 550 g/mol. The molecule has 186 valence electrons. The van der Waals surface area contributed by atoms with Crippen LogP contribution in [0.3, 0.4) is 0 Å². The molecule has 4 aliphatic rings. The predicted molar refractivity (Wildman–Crippen MR) is 138 cm³/mol.